The van der Waals surface area contributed by atoms with E-state index in [1.54, 1.807) is 4.90 Å². The van der Waals surface area contributed by atoms with Crippen LogP contribution in [0.3, 0.4) is 0 Å². The predicted molar refractivity (Wildman–Crippen MR) is 90.7 cm³/mol. The van der Waals surface area contributed by atoms with Crippen molar-refractivity contribution < 1.29 is 22.8 Å². The van der Waals surface area contributed by atoms with Crippen LogP contribution in [-0.4, -0.2) is 46.9 Å². The fourth-order valence-corrected chi connectivity index (χ4v) is 4.11. The lowest BCUT2D eigenvalue weighted by atomic mass is 10.2. The second kappa shape index (κ2) is 6.33. The minimum absolute atomic E-state index is 0.0283. The summed E-state index contributed by atoms with van der Waals surface area (Å²) in [4.78, 5) is 32.4. The number of nitrogens with one attached hydrogen (secondary N) is 1. The maximum Gasteiger partial charge on any atom is 0.416 e. The molecule has 9 heteroatoms. The molecule has 2 saturated heterocycles. The molecular formula is C18H19F3N4O2. The highest BCUT2D eigenvalue weighted by Gasteiger charge is 2.44. The van der Waals surface area contributed by atoms with Crippen LogP contribution in [0.2, 0.25) is 0 Å². The molecule has 4 heterocycles. The summed E-state index contributed by atoms with van der Waals surface area (Å²) in [5.74, 6) is -0.925. The highest BCUT2D eigenvalue weighted by Crippen LogP contribution is 2.35. The van der Waals surface area contributed by atoms with E-state index in [2.05, 4.69) is 10.3 Å². The van der Waals surface area contributed by atoms with Gasteiger partial charge in [0.25, 0.3) is 5.91 Å². The van der Waals surface area contributed by atoms with Gasteiger partial charge in [-0.3, -0.25) is 14.5 Å². The van der Waals surface area contributed by atoms with Gasteiger partial charge in [0.2, 0.25) is 5.91 Å². The lowest BCUT2D eigenvalue weighted by Gasteiger charge is -2.36. The van der Waals surface area contributed by atoms with Gasteiger partial charge in [-0.2, -0.15) is 13.2 Å². The minimum Gasteiger partial charge on any atom is -0.329 e. The first-order valence-corrected chi connectivity index (χ1v) is 8.88. The van der Waals surface area contributed by atoms with Gasteiger partial charge < -0.3 is 10.2 Å². The van der Waals surface area contributed by atoms with E-state index in [0.717, 1.165) is 29.9 Å². The summed E-state index contributed by atoms with van der Waals surface area (Å²) in [6.45, 7) is 2.80. The van der Waals surface area contributed by atoms with E-state index in [1.165, 1.54) is 13.0 Å². The molecule has 2 amide bonds. The molecule has 0 radical (unpaired) electrons. The van der Waals surface area contributed by atoms with Crippen LogP contribution in [0.4, 0.5) is 19.0 Å². The van der Waals surface area contributed by atoms with Crippen molar-refractivity contribution in [2.75, 3.05) is 18.0 Å². The molecule has 1 unspecified atom stereocenters. The van der Waals surface area contributed by atoms with E-state index in [-0.39, 0.29) is 41.6 Å². The zero-order chi connectivity index (χ0) is 19.3. The number of alkyl halides is 3. The van der Waals surface area contributed by atoms with Crippen LogP contribution >= 0.6 is 0 Å². The number of nitrogens with zero attached hydrogens (tertiary/aromatic N) is 3. The summed E-state index contributed by atoms with van der Waals surface area (Å²) in [6.07, 6.45) is -1.34. The molecule has 0 aromatic carbocycles. The van der Waals surface area contributed by atoms with Crippen molar-refractivity contribution >= 4 is 17.6 Å². The second-order valence-corrected chi connectivity index (χ2v) is 7.13. The van der Waals surface area contributed by atoms with Crippen molar-refractivity contribution in [3.8, 4) is 0 Å². The van der Waals surface area contributed by atoms with Crippen molar-refractivity contribution in [1.82, 2.24) is 15.2 Å². The molecule has 144 valence electrons. The molecule has 0 spiro atoms. The Balaban J connectivity index is 1.68. The highest BCUT2D eigenvalue weighted by atomic mass is 19.4. The average Bonchev–Trinajstić information content (AvgIpc) is 3.10. The van der Waals surface area contributed by atoms with Crippen LogP contribution in [0.25, 0.3) is 0 Å². The quantitative estimate of drug-likeness (QED) is 0.852. The Morgan fingerprint density at radius 2 is 1.89 bits per heavy atom. The Hall–Kier alpha value is -2.42. The fourth-order valence-electron chi connectivity index (χ4n) is 4.11. The summed E-state index contributed by atoms with van der Waals surface area (Å²) in [5.41, 5.74) is -0.655. The van der Waals surface area contributed by atoms with E-state index in [1.807, 2.05) is 0 Å². The number of hydrogen-bond acceptors (Lipinski definition) is 4. The Morgan fingerprint density at radius 1 is 1.22 bits per heavy atom. The van der Waals surface area contributed by atoms with Gasteiger partial charge in [0.15, 0.2) is 0 Å². The van der Waals surface area contributed by atoms with Gasteiger partial charge in [0.1, 0.15) is 11.5 Å². The SMILES string of the molecule is Cc1cc(C(F)(F)F)cc(N2C(=O)CC=C2C(=O)N2C3CC[C@H]2CNC3)n1. The van der Waals surface area contributed by atoms with E-state index < -0.39 is 17.6 Å². The van der Waals surface area contributed by atoms with Gasteiger partial charge in [-0.25, -0.2) is 4.98 Å². The third-order valence-electron chi connectivity index (χ3n) is 5.29. The Labute approximate surface area is 154 Å². The first kappa shape index (κ1) is 18.0. The molecule has 1 N–H and O–H groups in total. The molecule has 6 nitrogen and oxygen atoms in total. The van der Waals surface area contributed by atoms with E-state index in [0.29, 0.717) is 13.1 Å². The Bertz CT molecular complexity index is 820. The van der Waals surface area contributed by atoms with Crippen molar-refractivity contribution in [3.63, 3.8) is 0 Å². The molecule has 4 rings (SSSR count). The van der Waals surface area contributed by atoms with Crippen LogP contribution in [0, 0.1) is 6.92 Å². The highest BCUT2D eigenvalue weighted by molar-refractivity contribution is 6.11. The van der Waals surface area contributed by atoms with Gasteiger partial charge >= 0.3 is 6.18 Å². The number of hydrogen-bond donors (Lipinski definition) is 1. The molecule has 3 aliphatic rings. The van der Waals surface area contributed by atoms with Gasteiger partial charge in [-0.1, -0.05) is 0 Å². The van der Waals surface area contributed by atoms with Crippen LogP contribution in [0.5, 0.6) is 0 Å². The lowest BCUT2D eigenvalue weighted by molar-refractivity contribution is -0.137. The number of halogens is 3. The normalized spacial score (nSPS) is 25.2. The third kappa shape index (κ3) is 3.09. The molecule has 2 bridgehead atoms. The second-order valence-electron chi connectivity index (χ2n) is 7.13. The van der Waals surface area contributed by atoms with Crippen molar-refractivity contribution in [3.05, 3.63) is 35.2 Å². The number of carbonyl (C=O) groups is 2. The third-order valence-corrected chi connectivity index (χ3v) is 5.29. The number of rotatable bonds is 2. The molecule has 2 atom stereocenters. The summed E-state index contributed by atoms with van der Waals surface area (Å²) in [6, 6.07) is 1.84. The van der Waals surface area contributed by atoms with Gasteiger partial charge in [-0.15, -0.1) is 0 Å². The van der Waals surface area contributed by atoms with Crippen molar-refractivity contribution in [1.29, 1.82) is 0 Å². The van der Waals surface area contributed by atoms with Crippen molar-refractivity contribution in [2.45, 2.75) is 44.4 Å². The number of aryl methyl sites for hydroxylation is 1. The van der Waals surface area contributed by atoms with E-state index >= 15 is 0 Å². The van der Waals surface area contributed by atoms with Crippen LogP contribution in [-0.2, 0) is 15.8 Å². The molecule has 0 saturated carbocycles. The van der Waals surface area contributed by atoms with Crippen LogP contribution in [0.15, 0.2) is 23.9 Å². The Morgan fingerprint density at radius 3 is 2.52 bits per heavy atom. The standard InChI is InChI=1S/C18H19F3N4O2/c1-10-6-11(18(19,20)21)7-15(23-10)25-14(4-5-16(25)26)17(27)24-12-2-3-13(24)9-22-8-12/h4,6-7,12-13,22H,2-3,5,8-9H2,1H3/t12-,13?/m0/s1. The molecule has 0 aliphatic carbocycles. The topological polar surface area (TPSA) is 65.5 Å². The van der Waals surface area contributed by atoms with Crippen LogP contribution in [0.1, 0.15) is 30.5 Å². The van der Waals surface area contributed by atoms with E-state index in [9.17, 15) is 22.8 Å². The summed E-state index contributed by atoms with van der Waals surface area (Å²) >= 11 is 0. The minimum atomic E-state index is -4.56. The maximum absolute atomic E-state index is 13.2. The zero-order valence-electron chi connectivity index (χ0n) is 14.7. The number of pyridine rings is 1. The summed E-state index contributed by atoms with van der Waals surface area (Å²) in [5, 5.41) is 3.27. The number of fused-ring (bicyclic) bond motifs is 2. The molecule has 27 heavy (non-hydrogen) atoms. The number of amides is 2. The average molecular weight is 380 g/mol. The first-order chi connectivity index (χ1) is 12.8. The maximum atomic E-state index is 13.2. The number of aromatic nitrogens is 1. The summed E-state index contributed by atoms with van der Waals surface area (Å²) < 4.78 is 39.5. The zero-order valence-corrected chi connectivity index (χ0v) is 14.7. The Kier molecular flexibility index (Phi) is 4.21. The number of anilines is 1. The smallest absolute Gasteiger partial charge is 0.329 e. The van der Waals surface area contributed by atoms with Gasteiger partial charge in [-0.05, 0) is 38.0 Å². The van der Waals surface area contributed by atoms with Crippen molar-refractivity contribution in [2.24, 2.45) is 0 Å². The largest absolute Gasteiger partial charge is 0.416 e. The predicted octanol–water partition coefficient (Wildman–Crippen LogP) is 1.99. The fraction of sp³-hybridized carbons (Fsp3) is 0.500. The molecule has 1 aromatic rings. The van der Waals surface area contributed by atoms with Gasteiger partial charge in [0.05, 0.1) is 5.56 Å². The number of piperazine rings is 1. The molecule has 3 aliphatic heterocycles. The monoisotopic (exact) mass is 380 g/mol. The summed E-state index contributed by atoms with van der Waals surface area (Å²) in [7, 11) is 0. The van der Waals surface area contributed by atoms with E-state index in [4.69, 9.17) is 0 Å². The number of carbonyl (C=O) groups excluding carboxylic acids is 2. The molecule has 2 fully saturated rings. The van der Waals surface area contributed by atoms with Crippen LogP contribution < -0.4 is 10.2 Å². The van der Waals surface area contributed by atoms with Gasteiger partial charge in [0, 0.05) is 37.3 Å². The lowest BCUT2D eigenvalue weighted by Crippen LogP contribution is -2.55. The first-order valence-electron chi connectivity index (χ1n) is 8.88. The molecular weight excluding hydrogens is 361 g/mol. The molecule has 1 aromatic heterocycles.